The zero-order chi connectivity index (χ0) is 15.8. The predicted octanol–water partition coefficient (Wildman–Crippen LogP) is 0.643. The fraction of sp³-hybridized carbons (Fsp3) is 0.533. The first kappa shape index (κ1) is 17.3. The van der Waals surface area contributed by atoms with Gasteiger partial charge in [-0.15, -0.1) is 0 Å². The molecule has 1 amide bonds. The summed E-state index contributed by atoms with van der Waals surface area (Å²) in [7, 11) is 7.81. The Hall–Kier alpha value is -1.79. The van der Waals surface area contributed by atoms with Crippen LogP contribution in [0.15, 0.2) is 18.2 Å². The molecule has 0 saturated carbocycles. The third-order valence-corrected chi connectivity index (χ3v) is 2.99. The van der Waals surface area contributed by atoms with Gasteiger partial charge in [0.1, 0.15) is 0 Å². The molecule has 6 heteroatoms. The minimum atomic E-state index is -0.136. The highest BCUT2D eigenvalue weighted by atomic mass is 16.5. The molecule has 0 aliphatic heterocycles. The van der Waals surface area contributed by atoms with E-state index in [9.17, 15) is 4.79 Å². The average Bonchev–Trinajstić information content (AvgIpc) is 2.41. The van der Waals surface area contributed by atoms with E-state index in [-0.39, 0.29) is 5.91 Å². The number of rotatable bonds is 8. The van der Waals surface area contributed by atoms with Crippen LogP contribution >= 0.6 is 0 Å². The number of nitrogens with zero attached hydrogens (tertiary/aromatic N) is 2. The molecule has 0 atom stereocenters. The molecular formula is C15H26N4O2. The number of nitrogen functional groups attached to an aromatic ring is 1. The lowest BCUT2D eigenvalue weighted by atomic mass is 10.1. The number of nitrogens with two attached hydrogens (primary N) is 1. The highest BCUT2D eigenvalue weighted by molar-refractivity contribution is 5.96. The topological polar surface area (TPSA) is 70.8 Å². The first-order valence-corrected chi connectivity index (χ1v) is 6.99. The molecule has 0 radical (unpaired) electrons. The Bertz CT molecular complexity index is 461. The van der Waals surface area contributed by atoms with Crippen molar-refractivity contribution in [3.63, 3.8) is 0 Å². The average molecular weight is 294 g/mol. The molecule has 1 aromatic rings. The van der Waals surface area contributed by atoms with E-state index < -0.39 is 0 Å². The number of likely N-dealkylation sites (N-methyl/N-ethyl adjacent to an activating group) is 1. The van der Waals surface area contributed by atoms with Crippen molar-refractivity contribution >= 4 is 17.3 Å². The lowest BCUT2D eigenvalue weighted by Gasteiger charge is -2.16. The van der Waals surface area contributed by atoms with Gasteiger partial charge in [-0.05, 0) is 32.3 Å². The summed E-state index contributed by atoms with van der Waals surface area (Å²) >= 11 is 0. The van der Waals surface area contributed by atoms with E-state index in [0.29, 0.717) is 31.0 Å². The Kier molecular flexibility index (Phi) is 6.98. The van der Waals surface area contributed by atoms with Crippen molar-refractivity contribution < 1.29 is 9.53 Å². The SMILES string of the molecule is CN(C)CCOCCNC(=O)c1ccc(N(C)C)c(N)c1. The number of ether oxygens (including phenoxy) is 1. The maximum Gasteiger partial charge on any atom is 0.251 e. The molecule has 0 aromatic heterocycles. The van der Waals surface area contributed by atoms with Crippen LogP contribution in [0.2, 0.25) is 0 Å². The second kappa shape index (κ2) is 8.49. The largest absolute Gasteiger partial charge is 0.397 e. The Labute approximate surface area is 126 Å². The van der Waals surface area contributed by atoms with E-state index in [2.05, 4.69) is 5.32 Å². The summed E-state index contributed by atoms with van der Waals surface area (Å²) in [5, 5.41) is 2.82. The Morgan fingerprint density at radius 1 is 1.24 bits per heavy atom. The van der Waals surface area contributed by atoms with Crippen LogP contribution in [0.5, 0.6) is 0 Å². The fourth-order valence-corrected chi connectivity index (χ4v) is 1.79. The smallest absolute Gasteiger partial charge is 0.251 e. The van der Waals surface area contributed by atoms with E-state index in [1.807, 2.05) is 44.1 Å². The number of amides is 1. The number of carbonyl (C=O) groups excluding carboxylic acids is 1. The number of hydrogen-bond donors (Lipinski definition) is 2. The van der Waals surface area contributed by atoms with Gasteiger partial charge < -0.3 is 25.6 Å². The minimum Gasteiger partial charge on any atom is -0.397 e. The molecule has 0 saturated heterocycles. The predicted molar refractivity (Wildman–Crippen MR) is 86.9 cm³/mol. The third-order valence-electron chi connectivity index (χ3n) is 2.99. The van der Waals surface area contributed by atoms with Crippen LogP contribution < -0.4 is 16.0 Å². The van der Waals surface area contributed by atoms with Crippen LogP contribution in [0.3, 0.4) is 0 Å². The Morgan fingerprint density at radius 3 is 2.52 bits per heavy atom. The first-order chi connectivity index (χ1) is 9.91. The fourth-order valence-electron chi connectivity index (χ4n) is 1.79. The summed E-state index contributed by atoms with van der Waals surface area (Å²) in [6.45, 7) is 2.52. The van der Waals surface area contributed by atoms with Gasteiger partial charge in [0.25, 0.3) is 5.91 Å². The van der Waals surface area contributed by atoms with Crippen molar-refractivity contribution in [2.24, 2.45) is 0 Å². The molecule has 0 bridgehead atoms. The van der Waals surface area contributed by atoms with Crippen LogP contribution in [0.1, 0.15) is 10.4 Å². The number of anilines is 2. The molecule has 1 aromatic carbocycles. The van der Waals surface area contributed by atoms with Gasteiger partial charge in [-0.25, -0.2) is 0 Å². The third kappa shape index (κ3) is 6.01. The number of benzene rings is 1. The highest BCUT2D eigenvalue weighted by Crippen LogP contribution is 2.22. The number of nitrogens with one attached hydrogen (secondary N) is 1. The summed E-state index contributed by atoms with van der Waals surface area (Å²) in [5.41, 5.74) is 7.99. The zero-order valence-corrected chi connectivity index (χ0v) is 13.3. The number of hydrogen-bond acceptors (Lipinski definition) is 5. The van der Waals surface area contributed by atoms with Crippen molar-refractivity contribution in [3.05, 3.63) is 23.8 Å². The summed E-state index contributed by atoms with van der Waals surface area (Å²) in [4.78, 5) is 15.9. The van der Waals surface area contributed by atoms with Gasteiger partial charge in [-0.2, -0.15) is 0 Å². The second-order valence-electron chi connectivity index (χ2n) is 5.34. The summed E-state index contributed by atoms with van der Waals surface area (Å²) in [6, 6.07) is 5.31. The van der Waals surface area contributed by atoms with Crippen molar-refractivity contribution in [2.45, 2.75) is 0 Å². The van der Waals surface area contributed by atoms with Gasteiger partial charge in [-0.1, -0.05) is 0 Å². The van der Waals surface area contributed by atoms with Gasteiger partial charge >= 0.3 is 0 Å². The standard InChI is InChI=1S/C15H26N4O2/c1-18(2)8-10-21-9-7-17-15(20)12-5-6-14(19(3)4)13(16)11-12/h5-6,11H,7-10,16H2,1-4H3,(H,17,20). The lowest BCUT2D eigenvalue weighted by Crippen LogP contribution is -2.28. The van der Waals surface area contributed by atoms with Crippen molar-refractivity contribution in [2.75, 3.05) is 65.1 Å². The van der Waals surface area contributed by atoms with E-state index in [1.54, 1.807) is 12.1 Å². The van der Waals surface area contributed by atoms with Crippen molar-refractivity contribution in [1.82, 2.24) is 10.2 Å². The molecule has 3 N–H and O–H groups in total. The van der Waals surface area contributed by atoms with Gasteiger partial charge in [0.15, 0.2) is 0 Å². The van der Waals surface area contributed by atoms with E-state index in [1.165, 1.54) is 0 Å². The van der Waals surface area contributed by atoms with Crippen LogP contribution in [-0.4, -0.2) is 65.3 Å². The molecule has 0 aliphatic rings. The van der Waals surface area contributed by atoms with Gasteiger partial charge in [0, 0.05) is 32.7 Å². The monoisotopic (exact) mass is 294 g/mol. The Balaban J connectivity index is 2.37. The maximum atomic E-state index is 12.0. The van der Waals surface area contributed by atoms with Gasteiger partial charge in [0.2, 0.25) is 0 Å². The molecule has 0 aliphatic carbocycles. The van der Waals surface area contributed by atoms with E-state index in [0.717, 1.165) is 12.2 Å². The van der Waals surface area contributed by atoms with Crippen LogP contribution in [0.25, 0.3) is 0 Å². The normalized spacial score (nSPS) is 10.7. The quantitative estimate of drug-likeness (QED) is 0.544. The van der Waals surface area contributed by atoms with Crippen LogP contribution in [0.4, 0.5) is 11.4 Å². The molecule has 118 valence electrons. The van der Waals surface area contributed by atoms with Crippen molar-refractivity contribution in [3.8, 4) is 0 Å². The molecule has 0 spiro atoms. The maximum absolute atomic E-state index is 12.0. The molecular weight excluding hydrogens is 268 g/mol. The molecule has 6 nitrogen and oxygen atoms in total. The minimum absolute atomic E-state index is 0.136. The zero-order valence-electron chi connectivity index (χ0n) is 13.3. The second-order valence-corrected chi connectivity index (χ2v) is 5.34. The lowest BCUT2D eigenvalue weighted by molar-refractivity contribution is 0.0900. The van der Waals surface area contributed by atoms with Gasteiger partial charge in [0.05, 0.1) is 24.6 Å². The summed E-state index contributed by atoms with van der Waals surface area (Å²) < 4.78 is 5.42. The van der Waals surface area contributed by atoms with Crippen LogP contribution in [-0.2, 0) is 4.74 Å². The molecule has 0 heterocycles. The van der Waals surface area contributed by atoms with E-state index in [4.69, 9.17) is 10.5 Å². The molecule has 1 rings (SSSR count). The van der Waals surface area contributed by atoms with Crippen LogP contribution in [0, 0.1) is 0 Å². The van der Waals surface area contributed by atoms with E-state index >= 15 is 0 Å². The Morgan fingerprint density at radius 2 is 1.95 bits per heavy atom. The van der Waals surface area contributed by atoms with Gasteiger partial charge in [-0.3, -0.25) is 4.79 Å². The summed E-state index contributed by atoms with van der Waals surface area (Å²) in [6.07, 6.45) is 0. The van der Waals surface area contributed by atoms with Crippen molar-refractivity contribution in [1.29, 1.82) is 0 Å². The summed E-state index contributed by atoms with van der Waals surface area (Å²) in [5.74, 6) is -0.136. The molecule has 0 fully saturated rings. The molecule has 21 heavy (non-hydrogen) atoms. The highest BCUT2D eigenvalue weighted by Gasteiger charge is 2.08. The molecule has 0 unspecified atom stereocenters. The number of carbonyl (C=O) groups is 1. The first-order valence-electron chi connectivity index (χ1n) is 6.99.